The Labute approximate surface area is 115 Å². The van der Waals surface area contributed by atoms with Crippen molar-refractivity contribution in [2.24, 2.45) is 5.73 Å². The van der Waals surface area contributed by atoms with E-state index in [1.165, 1.54) is 33.5 Å². The van der Waals surface area contributed by atoms with Crippen molar-refractivity contribution in [1.29, 1.82) is 0 Å². The first-order chi connectivity index (χ1) is 9.46. The Balaban J connectivity index is 3.33. The number of carbonyl (C=O) groups is 1. The van der Waals surface area contributed by atoms with Gasteiger partial charge in [-0.1, -0.05) is 0 Å². The molecule has 110 valence electrons. The third-order valence-electron chi connectivity index (χ3n) is 2.75. The summed E-state index contributed by atoms with van der Waals surface area (Å²) in [7, 11) is 3.89. The van der Waals surface area contributed by atoms with E-state index in [0.29, 0.717) is 0 Å². The molecule has 0 aliphatic carbocycles. The van der Waals surface area contributed by atoms with Gasteiger partial charge in [-0.15, -0.1) is 0 Å². The van der Waals surface area contributed by atoms with Crippen LogP contribution in [-0.2, 0) is 16.0 Å². The van der Waals surface area contributed by atoms with Crippen molar-refractivity contribution in [3.05, 3.63) is 27.8 Å². The fourth-order valence-corrected chi connectivity index (χ4v) is 1.80. The van der Waals surface area contributed by atoms with Crippen LogP contribution in [0.25, 0.3) is 0 Å². The molecule has 8 nitrogen and oxygen atoms in total. The molecule has 20 heavy (non-hydrogen) atoms. The highest BCUT2D eigenvalue weighted by atomic mass is 16.6. The summed E-state index contributed by atoms with van der Waals surface area (Å²) in [5.74, 6) is -0.330. The van der Waals surface area contributed by atoms with Gasteiger partial charge in [0, 0.05) is 6.42 Å². The van der Waals surface area contributed by atoms with Gasteiger partial charge in [0.25, 0.3) is 0 Å². The fraction of sp³-hybridized carbons (Fsp3) is 0.417. The number of nitrogens with zero attached hydrogens (tertiary/aromatic N) is 1. The largest absolute Gasteiger partial charge is 0.496 e. The predicted molar refractivity (Wildman–Crippen MR) is 69.9 cm³/mol. The summed E-state index contributed by atoms with van der Waals surface area (Å²) < 4.78 is 14.6. The zero-order valence-corrected chi connectivity index (χ0v) is 11.4. The first-order valence-corrected chi connectivity index (χ1v) is 5.67. The third kappa shape index (κ3) is 3.15. The Kier molecular flexibility index (Phi) is 5.27. The Morgan fingerprint density at radius 3 is 2.30 bits per heavy atom. The second-order valence-electron chi connectivity index (χ2n) is 3.89. The summed E-state index contributed by atoms with van der Waals surface area (Å²) in [5, 5.41) is 11.2. The number of hydrogen-bond acceptors (Lipinski definition) is 7. The van der Waals surface area contributed by atoms with Crippen molar-refractivity contribution in [2.45, 2.75) is 12.5 Å². The van der Waals surface area contributed by atoms with Gasteiger partial charge in [-0.25, -0.2) is 0 Å². The van der Waals surface area contributed by atoms with E-state index in [0.717, 1.165) is 0 Å². The van der Waals surface area contributed by atoms with E-state index in [1.807, 2.05) is 0 Å². The lowest BCUT2D eigenvalue weighted by molar-refractivity contribution is -0.386. The van der Waals surface area contributed by atoms with E-state index in [2.05, 4.69) is 4.74 Å². The molecule has 1 atom stereocenters. The zero-order chi connectivity index (χ0) is 15.3. The number of rotatable bonds is 6. The highest BCUT2D eigenvalue weighted by molar-refractivity contribution is 5.76. The molecule has 1 unspecified atom stereocenters. The Morgan fingerprint density at radius 1 is 1.30 bits per heavy atom. The minimum absolute atomic E-state index is 0.0721. The Morgan fingerprint density at radius 2 is 1.85 bits per heavy atom. The number of benzene rings is 1. The average molecular weight is 284 g/mol. The second-order valence-corrected chi connectivity index (χ2v) is 3.89. The molecule has 0 radical (unpaired) electrons. The lowest BCUT2D eigenvalue weighted by Gasteiger charge is -2.14. The van der Waals surface area contributed by atoms with Crippen LogP contribution in [0.3, 0.4) is 0 Å². The molecule has 1 aromatic carbocycles. The Hall–Kier alpha value is -2.35. The average Bonchev–Trinajstić information content (AvgIpc) is 2.45. The number of esters is 1. The summed E-state index contributed by atoms with van der Waals surface area (Å²) >= 11 is 0. The summed E-state index contributed by atoms with van der Waals surface area (Å²) in [6.45, 7) is 0. The van der Waals surface area contributed by atoms with Crippen LogP contribution in [0.1, 0.15) is 5.56 Å². The minimum Gasteiger partial charge on any atom is -0.496 e. The van der Waals surface area contributed by atoms with Crippen LogP contribution in [0.5, 0.6) is 11.5 Å². The smallest absolute Gasteiger partial charge is 0.322 e. The molecule has 0 saturated heterocycles. The van der Waals surface area contributed by atoms with Gasteiger partial charge in [-0.05, 0) is 12.1 Å². The van der Waals surface area contributed by atoms with Crippen LogP contribution in [0.15, 0.2) is 12.1 Å². The third-order valence-corrected chi connectivity index (χ3v) is 2.75. The van der Waals surface area contributed by atoms with Crippen molar-refractivity contribution in [3.8, 4) is 11.5 Å². The number of methoxy groups -OCH3 is 3. The van der Waals surface area contributed by atoms with Gasteiger partial charge >= 0.3 is 11.7 Å². The first kappa shape index (κ1) is 15.7. The molecule has 1 aromatic rings. The molecule has 8 heteroatoms. The molecule has 0 aromatic heterocycles. The zero-order valence-electron chi connectivity index (χ0n) is 11.4. The molecule has 0 fully saturated rings. The molecule has 0 amide bonds. The van der Waals surface area contributed by atoms with Crippen molar-refractivity contribution < 1.29 is 23.9 Å². The van der Waals surface area contributed by atoms with E-state index in [9.17, 15) is 14.9 Å². The van der Waals surface area contributed by atoms with Crippen molar-refractivity contribution >= 4 is 11.7 Å². The molecule has 0 aliphatic rings. The van der Waals surface area contributed by atoms with E-state index >= 15 is 0 Å². The highest BCUT2D eigenvalue weighted by Crippen LogP contribution is 2.37. The minimum atomic E-state index is -1.03. The van der Waals surface area contributed by atoms with Gasteiger partial charge in [0.1, 0.15) is 11.8 Å². The highest BCUT2D eigenvalue weighted by Gasteiger charge is 2.28. The van der Waals surface area contributed by atoms with Crippen LogP contribution in [0, 0.1) is 10.1 Å². The topological polar surface area (TPSA) is 114 Å². The first-order valence-electron chi connectivity index (χ1n) is 5.67. The maximum atomic E-state index is 11.4. The monoisotopic (exact) mass is 284 g/mol. The molecular weight excluding hydrogens is 268 g/mol. The van der Waals surface area contributed by atoms with Gasteiger partial charge in [-0.2, -0.15) is 0 Å². The summed E-state index contributed by atoms with van der Waals surface area (Å²) in [6.07, 6.45) is -0.0939. The summed E-state index contributed by atoms with van der Waals surface area (Å²) in [5.41, 5.74) is 5.57. The lowest BCUT2D eigenvalue weighted by atomic mass is 10.0. The van der Waals surface area contributed by atoms with Gasteiger partial charge < -0.3 is 19.9 Å². The van der Waals surface area contributed by atoms with E-state index in [1.54, 1.807) is 0 Å². The fourth-order valence-electron chi connectivity index (χ4n) is 1.80. The van der Waals surface area contributed by atoms with Gasteiger partial charge in [0.05, 0.1) is 31.8 Å². The molecule has 2 N–H and O–H groups in total. The normalized spacial score (nSPS) is 11.6. The van der Waals surface area contributed by atoms with Gasteiger partial charge in [0.15, 0.2) is 5.75 Å². The standard InChI is InChI=1S/C12H16N2O6/c1-18-9-4-5-10(19-2)11(14(16)17)7(9)6-8(13)12(15)20-3/h4-5,8H,6,13H2,1-3H3. The molecule has 0 spiro atoms. The van der Waals surface area contributed by atoms with Crippen molar-refractivity contribution in [1.82, 2.24) is 0 Å². The van der Waals surface area contributed by atoms with Crippen molar-refractivity contribution in [2.75, 3.05) is 21.3 Å². The molecular formula is C12H16N2O6. The molecule has 0 aliphatic heterocycles. The summed E-state index contributed by atoms with van der Waals surface area (Å²) in [4.78, 5) is 22.0. The summed E-state index contributed by atoms with van der Waals surface area (Å²) in [6, 6.07) is 1.91. The SMILES string of the molecule is COC(=O)C(N)Cc1c(OC)ccc(OC)c1[N+](=O)[O-]. The molecule has 1 rings (SSSR count). The molecule has 0 heterocycles. The quantitative estimate of drug-likeness (QED) is 0.463. The molecule has 0 saturated carbocycles. The number of hydrogen-bond donors (Lipinski definition) is 1. The predicted octanol–water partition coefficient (Wildman–Crippen LogP) is 0.655. The number of nitro benzene ring substituents is 1. The van der Waals surface area contributed by atoms with Crippen LogP contribution in [0.4, 0.5) is 5.69 Å². The van der Waals surface area contributed by atoms with Crippen LogP contribution < -0.4 is 15.2 Å². The van der Waals surface area contributed by atoms with Crippen LogP contribution in [0.2, 0.25) is 0 Å². The van der Waals surface area contributed by atoms with E-state index < -0.39 is 16.9 Å². The molecule has 0 bridgehead atoms. The lowest BCUT2D eigenvalue weighted by Crippen LogP contribution is -2.34. The Bertz CT molecular complexity index is 517. The maximum Gasteiger partial charge on any atom is 0.322 e. The number of nitro groups is 1. The number of carbonyl (C=O) groups excluding carboxylic acids is 1. The van der Waals surface area contributed by atoms with Crippen molar-refractivity contribution in [3.63, 3.8) is 0 Å². The number of ether oxygens (including phenoxy) is 3. The number of nitrogens with two attached hydrogens (primary N) is 1. The van der Waals surface area contributed by atoms with E-state index in [-0.39, 0.29) is 29.2 Å². The maximum absolute atomic E-state index is 11.4. The van der Waals surface area contributed by atoms with Crippen LogP contribution >= 0.6 is 0 Å². The van der Waals surface area contributed by atoms with E-state index in [4.69, 9.17) is 15.2 Å². The second kappa shape index (κ2) is 6.71. The van der Waals surface area contributed by atoms with Crippen LogP contribution in [-0.4, -0.2) is 38.3 Å². The van der Waals surface area contributed by atoms with Gasteiger partial charge in [0.2, 0.25) is 0 Å². The van der Waals surface area contributed by atoms with Gasteiger partial charge in [-0.3, -0.25) is 14.9 Å².